The summed E-state index contributed by atoms with van der Waals surface area (Å²) in [7, 11) is 0. The maximum absolute atomic E-state index is 13.0. The van der Waals surface area contributed by atoms with Crippen molar-refractivity contribution in [2.24, 2.45) is 0 Å². The number of aliphatic hydroxyl groups is 1. The molecular weight excluding hydrogens is 224 g/mol. The van der Waals surface area contributed by atoms with Gasteiger partial charge >= 0.3 is 0 Å². The number of pyridine rings is 1. The van der Waals surface area contributed by atoms with Crippen molar-refractivity contribution in [1.82, 2.24) is 4.98 Å². The van der Waals surface area contributed by atoms with Crippen molar-refractivity contribution >= 4 is 0 Å². The number of rotatable bonds is 3. The van der Waals surface area contributed by atoms with Crippen LogP contribution in [0, 0.1) is 11.6 Å². The minimum absolute atomic E-state index is 0.225. The van der Waals surface area contributed by atoms with Crippen molar-refractivity contribution in [2.75, 3.05) is 0 Å². The Hall–Kier alpha value is -1.81. The lowest BCUT2D eigenvalue weighted by molar-refractivity contribution is 0.178. The molecular formula is C13H11F2NO. The van der Waals surface area contributed by atoms with Gasteiger partial charge in [-0.15, -0.1) is 0 Å². The molecule has 0 aliphatic heterocycles. The molecule has 0 aliphatic carbocycles. The van der Waals surface area contributed by atoms with Crippen LogP contribution in [0.1, 0.15) is 17.2 Å². The molecule has 17 heavy (non-hydrogen) atoms. The summed E-state index contributed by atoms with van der Waals surface area (Å²) in [5, 5.41) is 9.88. The maximum Gasteiger partial charge on any atom is 0.159 e. The highest BCUT2D eigenvalue weighted by molar-refractivity contribution is 5.21. The molecule has 1 heterocycles. The summed E-state index contributed by atoms with van der Waals surface area (Å²) in [5.74, 6) is -1.79. The molecule has 1 N–H and O–H groups in total. The van der Waals surface area contributed by atoms with E-state index in [0.717, 1.165) is 12.1 Å². The van der Waals surface area contributed by atoms with Crippen molar-refractivity contribution in [3.05, 3.63) is 65.5 Å². The Balaban J connectivity index is 2.13. The van der Waals surface area contributed by atoms with Gasteiger partial charge in [0.25, 0.3) is 0 Å². The zero-order valence-electron chi connectivity index (χ0n) is 8.98. The fraction of sp³-hybridized carbons (Fsp3) is 0.154. The predicted octanol–water partition coefficient (Wildman–Crippen LogP) is 2.64. The second-order valence-corrected chi connectivity index (χ2v) is 3.75. The van der Waals surface area contributed by atoms with E-state index in [1.807, 2.05) is 0 Å². The first-order valence-corrected chi connectivity index (χ1v) is 5.19. The minimum atomic E-state index is -0.902. The molecule has 2 aromatic rings. The van der Waals surface area contributed by atoms with Crippen LogP contribution >= 0.6 is 0 Å². The van der Waals surface area contributed by atoms with E-state index in [1.54, 1.807) is 24.5 Å². The van der Waals surface area contributed by atoms with Gasteiger partial charge in [-0.3, -0.25) is 4.98 Å². The Labute approximate surface area is 97.6 Å². The molecule has 2 nitrogen and oxygen atoms in total. The monoisotopic (exact) mass is 235 g/mol. The van der Waals surface area contributed by atoms with Crippen LogP contribution in [0.3, 0.4) is 0 Å². The van der Waals surface area contributed by atoms with E-state index < -0.39 is 17.7 Å². The standard InChI is InChI=1S/C13H11F2NO/c14-11-4-3-9(6-12(11)15)7-13(17)10-2-1-5-16-8-10/h1-6,8,13,17H,7H2. The van der Waals surface area contributed by atoms with Crippen LogP contribution in [0.5, 0.6) is 0 Å². The third-order valence-corrected chi connectivity index (χ3v) is 2.48. The third kappa shape index (κ3) is 2.85. The average Bonchev–Trinajstić information content (AvgIpc) is 2.35. The highest BCUT2D eigenvalue weighted by atomic mass is 19.2. The minimum Gasteiger partial charge on any atom is -0.388 e. The Morgan fingerprint density at radius 1 is 1.18 bits per heavy atom. The second kappa shape index (κ2) is 5.01. The van der Waals surface area contributed by atoms with Crippen LogP contribution < -0.4 is 0 Å². The van der Waals surface area contributed by atoms with Crippen molar-refractivity contribution in [2.45, 2.75) is 12.5 Å². The van der Waals surface area contributed by atoms with Crippen LogP contribution in [-0.2, 0) is 6.42 Å². The fourth-order valence-corrected chi connectivity index (χ4v) is 1.58. The van der Waals surface area contributed by atoms with Gasteiger partial charge in [-0.25, -0.2) is 8.78 Å². The zero-order valence-corrected chi connectivity index (χ0v) is 8.98. The van der Waals surface area contributed by atoms with E-state index in [9.17, 15) is 13.9 Å². The van der Waals surface area contributed by atoms with Gasteiger partial charge in [-0.05, 0) is 29.3 Å². The van der Waals surface area contributed by atoms with Gasteiger partial charge in [0, 0.05) is 18.8 Å². The number of halogens is 2. The van der Waals surface area contributed by atoms with Crippen molar-refractivity contribution in [3.8, 4) is 0 Å². The van der Waals surface area contributed by atoms with Gasteiger partial charge in [0.1, 0.15) is 0 Å². The summed E-state index contributed by atoms with van der Waals surface area (Å²) in [6.07, 6.45) is 2.61. The molecule has 88 valence electrons. The molecule has 0 aliphatic rings. The molecule has 2 rings (SSSR count). The number of benzene rings is 1. The van der Waals surface area contributed by atoms with E-state index in [2.05, 4.69) is 4.98 Å². The molecule has 1 aromatic carbocycles. The lowest BCUT2D eigenvalue weighted by Crippen LogP contribution is -2.02. The molecule has 1 aromatic heterocycles. The number of aliphatic hydroxyl groups excluding tert-OH is 1. The third-order valence-electron chi connectivity index (χ3n) is 2.48. The van der Waals surface area contributed by atoms with Crippen LogP contribution in [0.4, 0.5) is 8.78 Å². The highest BCUT2D eigenvalue weighted by Crippen LogP contribution is 2.18. The van der Waals surface area contributed by atoms with Crippen LogP contribution in [0.2, 0.25) is 0 Å². The van der Waals surface area contributed by atoms with E-state index in [4.69, 9.17) is 0 Å². The molecule has 0 fully saturated rings. The number of nitrogens with zero attached hydrogens (tertiary/aromatic N) is 1. The van der Waals surface area contributed by atoms with Gasteiger partial charge < -0.3 is 5.11 Å². The first-order chi connectivity index (χ1) is 8.16. The van der Waals surface area contributed by atoms with E-state index in [1.165, 1.54) is 6.07 Å². The largest absolute Gasteiger partial charge is 0.388 e. The summed E-state index contributed by atoms with van der Waals surface area (Å²) in [5.41, 5.74) is 1.19. The molecule has 0 saturated heterocycles. The van der Waals surface area contributed by atoms with E-state index in [-0.39, 0.29) is 6.42 Å². The van der Waals surface area contributed by atoms with Crippen molar-refractivity contribution in [3.63, 3.8) is 0 Å². The van der Waals surface area contributed by atoms with E-state index >= 15 is 0 Å². The lowest BCUT2D eigenvalue weighted by Gasteiger charge is -2.10. The number of hydrogen-bond donors (Lipinski definition) is 1. The molecule has 0 spiro atoms. The van der Waals surface area contributed by atoms with Gasteiger partial charge in [0.05, 0.1) is 6.10 Å². The lowest BCUT2D eigenvalue weighted by atomic mass is 10.0. The van der Waals surface area contributed by atoms with Crippen LogP contribution in [0.15, 0.2) is 42.7 Å². The van der Waals surface area contributed by atoms with Crippen molar-refractivity contribution in [1.29, 1.82) is 0 Å². The van der Waals surface area contributed by atoms with Gasteiger partial charge in [0.15, 0.2) is 11.6 Å². The molecule has 0 saturated carbocycles. The first-order valence-electron chi connectivity index (χ1n) is 5.19. The first kappa shape index (κ1) is 11.7. The Bertz CT molecular complexity index is 502. The Kier molecular flexibility index (Phi) is 3.44. The Morgan fingerprint density at radius 2 is 2.00 bits per heavy atom. The van der Waals surface area contributed by atoms with E-state index in [0.29, 0.717) is 11.1 Å². The Morgan fingerprint density at radius 3 is 2.65 bits per heavy atom. The van der Waals surface area contributed by atoms with Crippen LogP contribution in [0.25, 0.3) is 0 Å². The smallest absolute Gasteiger partial charge is 0.159 e. The predicted molar refractivity (Wildman–Crippen MR) is 59.3 cm³/mol. The molecule has 4 heteroatoms. The van der Waals surface area contributed by atoms with Crippen LogP contribution in [-0.4, -0.2) is 10.1 Å². The normalized spacial score (nSPS) is 12.4. The number of aromatic nitrogens is 1. The summed E-state index contributed by atoms with van der Waals surface area (Å²) < 4.78 is 25.7. The quantitative estimate of drug-likeness (QED) is 0.887. The molecule has 0 amide bonds. The topological polar surface area (TPSA) is 33.1 Å². The van der Waals surface area contributed by atoms with Crippen molar-refractivity contribution < 1.29 is 13.9 Å². The highest BCUT2D eigenvalue weighted by Gasteiger charge is 2.10. The SMILES string of the molecule is OC(Cc1ccc(F)c(F)c1)c1cccnc1. The summed E-state index contributed by atoms with van der Waals surface area (Å²) >= 11 is 0. The number of hydrogen-bond acceptors (Lipinski definition) is 2. The molecule has 0 radical (unpaired) electrons. The van der Waals surface area contributed by atoms with Gasteiger partial charge in [-0.2, -0.15) is 0 Å². The molecule has 1 unspecified atom stereocenters. The molecule has 0 bridgehead atoms. The average molecular weight is 235 g/mol. The second-order valence-electron chi connectivity index (χ2n) is 3.75. The summed E-state index contributed by atoms with van der Waals surface area (Å²) in [4.78, 5) is 3.88. The fourth-order valence-electron chi connectivity index (χ4n) is 1.58. The summed E-state index contributed by atoms with van der Waals surface area (Å²) in [6, 6.07) is 7.05. The summed E-state index contributed by atoms with van der Waals surface area (Å²) in [6.45, 7) is 0. The maximum atomic E-state index is 13.0. The van der Waals surface area contributed by atoms with Gasteiger partial charge in [0.2, 0.25) is 0 Å². The zero-order chi connectivity index (χ0) is 12.3. The van der Waals surface area contributed by atoms with Gasteiger partial charge in [-0.1, -0.05) is 12.1 Å². The molecule has 1 atom stereocenters.